The molecule has 0 saturated heterocycles. The molecule has 9 heteroatoms. The number of amides is 1. The number of halogens is 2. The molecule has 6 nitrogen and oxygen atoms in total. The van der Waals surface area contributed by atoms with E-state index >= 15 is 0 Å². The van der Waals surface area contributed by atoms with Gasteiger partial charge in [-0.25, -0.2) is 8.42 Å². The Kier molecular flexibility index (Phi) is 8.37. The van der Waals surface area contributed by atoms with Crippen LogP contribution in [-0.4, -0.2) is 27.0 Å². The summed E-state index contributed by atoms with van der Waals surface area (Å²) < 4.78 is 34.1. The Hall–Kier alpha value is -2.58. The molecular weight excluding hydrogens is 483 g/mol. The Morgan fingerprint density at radius 1 is 1.00 bits per heavy atom. The number of sulfonamides is 1. The number of carbonyl (C=O) groups is 1. The monoisotopic (exact) mass is 506 g/mol. The van der Waals surface area contributed by atoms with Crippen LogP contribution in [0.15, 0.2) is 71.6 Å². The maximum atomic E-state index is 13.2. The molecule has 0 aliphatic heterocycles. The summed E-state index contributed by atoms with van der Waals surface area (Å²) >= 11 is 12.3. The predicted octanol–water partition coefficient (Wildman–Crippen LogP) is 5.23. The van der Waals surface area contributed by atoms with Gasteiger partial charge in [0.05, 0.1) is 16.5 Å². The second-order valence-electron chi connectivity index (χ2n) is 7.29. The smallest absolute Gasteiger partial charge is 0.242 e. The lowest BCUT2D eigenvalue weighted by molar-refractivity contribution is -0.117. The summed E-state index contributed by atoms with van der Waals surface area (Å²) in [6.45, 7) is 3.97. The normalized spacial score (nSPS) is 12.2. The van der Waals surface area contributed by atoms with Gasteiger partial charge in [0.25, 0.3) is 0 Å². The first-order valence-electron chi connectivity index (χ1n) is 10.3. The van der Waals surface area contributed by atoms with Gasteiger partial charge in [-0.1, -0.05) is 59.6 Å². The molecule has 0 bridgehead atoms. The van der Waals surface area contributed by atoms with Crippen molar-refractivity contribution in [3.8, 4) is 5.75 Å². The highest BCUT2D eigenvalue weighted by atomic mass is 35.5. The van der Waals surface area contributed by atoms with Gasteiger partial charge in [-0.2, -0.15) is 4.72 Å². The molecule has 3 aromatic rings. The summed E-state index contributed by atoms with van der Waals surface area (Å²) in [5.41, 5.74) is 1.99. The lowest BCUT2D eigenvalue weighted by Gasteiger charge is -2.20. The zero-order valence-electron chi connectivity index (χ0n) is 18.1. The van der Waals surface area contributed by atoms with Crippen LogP contribution < -0.4 is 14.8 Å². The van der Waals surface area contributed by atoms with Gasteiger partial charge in [0, 0.05) is 10.7 Å². The van der Waals surface area contributed by atoms with E-state index in [1.807, 2.05) is 30.3 Å². The number of anilines is 1. The van der Waals surface area contributed by atoms with Gasteiger partial charge in [-0.05, 0) is 61.7 Å². The summed E-state index contributed by atoms with van der Waals surface area (Å²) in [5.74, 6) is -0.127. The average Bonchev–Trinajstić information content (AvgIpc) is 2.78. The topological polar surface area (TPSA) is 84.5 Å². The van der Waals surface area contributed by atoms with Crippen molar-refractivity contribution in [1.82, 2.24) is 4.72 Å². The third-order valence-corrected chi connectivity index (χ3v) is 7.11. The van der Waals surface area contributed by atoms with Gasteiger partial charge >= 0.3 is 0 Å². The van der Waals surface area contributed by atoms with Crippen LogP contribution >= 0.6 is 23.2 Å². The molecular formula is C24H24Cl2N2O4S. The molecule has 0 aliphatic rings. The van der Waals surface area contributed by atoms with Crippen LogP contribution in [-0.2, 0) is 21.2 Å². The number of benzene rings is 3. The quantitative estimate of drug-likeness (QED) is 0.416. The summed E-state index contributed by atoms with van der Waals surface area (Å²) in [5, 5.41) is 3.45. The largest absolute Gasteiger partial charge is 0.492 e. The second kappa shape index (κ2) is 11.0. The number of hydrogen-bond donors (Lipinski definition) is 2. The number of carbonyl (C=O) groups excluding carboxylic acids is 1. The summed E-state index contributed by atoms with van der Waals surface area (Å²) in [6.07, 6.45) is 0.149. The van der Waals surface area contributed by atoms with Gasteiger partial charge in [0.15, 0.2) is 0 Å². The van der Waals surface area contributed by atoms with Crippen molar-refractivity contribution in [3.05, 3.63) is 87.9 Å². The van der Waals surface area contributed by atoms with Crippen molar-refractivity contribution in [2.75, 3.05) is 11.9 Å². The van der Waals surface area contributed by atoms with Crippen LogP contribution in [0.1, 0.15) is 18.1 Å². The maximum absolute atomic E-state index is 13.2. The molecule has 0 unspecified atom stereocenters. The van der Waals surface area contributed by atoms with Crippen molar-refractivity contribution in [3.63, 3.8) is 0 Å². The van der Waals surface area contributed by atoms with Gasteiger partial charge in [0.2, 0.25) is 15.9 Å². The van der Waals surface area contributed by atoms with Crippen molar-refractivity contribution < 1.29 is 17.9 Å². The van der Waals surface area contributed by atoms with Gasteiger partial charge < -0.3 is 10.1 Å². The summed E-state index contributed by atoms with van der Waals surface area (Å²) in [4.78, 5) is 13.1. The number of hydrogen-bond acceptors (Lipinski definition) is 4. The van der Waals surface area contributed by atoms with Crippen molar-refractivity contribution in [2.24, 2.45) is 0 Å². The Labute approximate surface area is 203 Å². The van der Waals surface area contributed by atoms with Crippen LogP contribution in [0.2, 0.25) is 10.0 Å². The minimum absolute atomic E-state index is 0.0687. The van der Waals surface area contributed by atoms with Gasteiger partial charge in [0.1, 0.15) is 11.8 Å². The van der Waals surface area contributed by atoms with Crippen LogP contribution in [0.3, 0.4) is 0 Å². The van der Waals surface area contributed by atoms with Crippen molar-refractivity contribution in [1.29, 1.82) is 0 Å². The zero-order chi connectivity index (χ0) is 24.0. The Morgan fingerprint density at radius 3 is 2.39 bits per heavy atom. The fraction of sp³-hybridized carbons (Fsp3) is 0.208. The Morgan fingerprint density at radius 2 is 1.73 bits per heavy atom. The molecule has 3 rings (SSSR count). The third kappa shape index (κ3) is 6.48. The number of nitrogens with one attached hydrogen (secondary N) is 2. The fourth-order valence-electron chi connectivity index (χ4n) is 3.18. The van der Waals surface area contributed by atoms with E-state index in [9.17, 15) is 13.2 Å². The predicted molar refractivity (Wildman–Crippen MR) is 132 cm³/mol. The molecule has 1 atom stereocenters. The summed E-state index contributed by atoms with van der Waals surface area (Å²) in [6, 6.07) is 17.4. The van der Waals surface area contributed by atoms with E-state index < -0.39 is 22.0 Å². The van der Waals surface area contributed by atoms with E-state index in [4.69, 9.17) is 27.9 Å². The Balaban J connectivity index is 1.89. The molecule has 1 amide bonds. The van der Waals surface area contributed by atoms with Crippen LogP contribution in [0.4, 0.5) is 5.69 Å². The molecule has 0 radical (unpaired) electrons. The molecule has 0 fully saturated rings. The molecule has 0 aliphatic carbocycles. The maximum Gasteiger partial charge on any atom is 0.242 e. The molecule has 0 spiro atoms. The van der Waals surface area contributed by atoms with E-state index in [0.717, 1.165) is 5.56 Å². The zero-order valence-corrected chi connectivity index (χ0v) is 20.5. The van der Waals surface area contributed by atoms with E-state index in [1.54, 1.807) is 32.0 Å². The molecule has 33 heavy (non-hydrogen) atoms. The number of rotatable bonds is 9. The molecule has 2 N–H and O–H groups in total. The standard InChI is InChI=1S/C24H24Cl2N2O4S/c1-3-32-23-13-12-18(15-20(23)26)33(30,31)28-22(14-17-8-5-4-6-9-17)24(29)27-21-11-7-10-19(25)16(21)2/h4-13,15,22,28H,3,14H2,1-2H3,(H,27,29)/t22-/m1/s1. The number of ether oxygens (including phenoxy) is 1. The second-order valence-corrected chi connectivity index (χ2v) is 9.82. The van der Waals surface area contributed by atoms with Gasteiger partial charge in [-0.15, -0.1) is 0 Å². The third-order valence-electron chi connectivity index (χ3n) is 4.94. The summed E-state index contributed by atoms with van der Waals surface area (Å²) in [7, 11) is -4.07. The van der Waals surface area contributed by atoms with Crippen LogP contribution in [0.25, 0.3) is 0 Å². The first-order valence-corrected chi connectivity index (χ1v) is 12.5. The van der Waals surface area contributed by atoms with E-state index in [2.05, 4.69) is 10.0 Å². The van der Waals surface area contributed by atoms with Crippen molar-refractivity contribution >= 4 is 44.8 Å². The minimum atomic E-state index is -4.07. The highest BCUT2D eigenvalue weighted by molar-refractivity contribution is 7.89. The molecule has 3 aromatic carbocycles. The first-order chi connectivity index (χ1) is 15.7. The molecule has 0 aromatic heterocycles. The fourth-order valence-corrected chi connectivity index (χ4v) is 4.87. The van der Waals surface area contributed by atoms with E-state index in [-0.39, 0.29) is 16.3 Å². The van der Waals surface area contributed by atoms with Crippen molar-refractivity contribution in [2.45, 2.75) is 31.2 Å². The lowest BCUT2D eigenvalue weighted by atomic mass is 10.1. The minimum Gasteiger partial charge on any atom is -0.492 e. The van der Waals surface area contributed by atoms with Crippen LogP contribution in [0.5, 0.6) is 5.75 Å². The van der Waals surface area contributed by atoms with Crippen LogP contribution in [0, 0.1) is 6.92 Å². The average molecular weight is 507 g/mol. The highest BCUT2D eigenvalue weighted by Gasteiger charge is 2.27. The SMILES string of the molecule is CCOc1ccc(S(=O)(=O)N[C@H](Cc2ccccc2)C(=O)Nc2cccc(Cl)c2C)cc1Cl. The van der Waals surface area contributed by atoms with E-state index in [0.29, 0.717) is 28.6 Å². The van der Waals surface area contributed by atoms with E-state index in [1.165, 1.54) is 18.2 Å². The van der Waals surface area contributed by atoms with Gasteiger partial charge in [-0.3, -0.25) is 4.79 Å². The molecule has 174 valence electrons. The molecule has 0 heterocycles. The molecule has 0 saturated carbocycles. The Bertz CT molecular complexity index is 1230. The first kappa shape index (κ1) is 25.1. The highest BCUT2D eigenvalue weighted by Crippen LogP contribution is 2.28. The lowest BCUT2D eigenvalue weighted by Crippen LogP contribution is -2.45.